The van der Waals surface area contributed by atoms with Crippen LogP contribution >= 0.6 is 23.5 Å². The topological polar surface area (TPSA) is 278 Å². The molecule has 1 rings (SSSR count). The Morgan fingerprint density at radius 1 is 0.542 bits per heavy atom. The molecular weight excluding hydrogens is 405 g/mol. The molecule has 0 amide bonds. The molecule has 0 aromatic carbocycles. The Morgan fingerprint density at radius 2 is 0.792 bits per heavy atom. The third kappa shape index (κ3) is 6.50. The van der Waals surface area contributed by atoms with E-state index in [0.717, 1.165) is 0 Å². The molecule has 1 fully saturated rings. The molecule has 0 aromatic rings. The Labute approximate surface area is 133 Å². The molecule has 0 aliphatic heterocycles. The molecule has 0 saturated heterocycles. The predicted octanol–water partition coefficient (Wildman–Crippen LogP) is -7.28. The molecular formula is C6H9O15P3-6. The Morgan fingerprint density at radius 3 is 1.12 bits per heavy atom. The third-order valence-electron chi connectivity index (χ3n) is 2.77. The fourth-order valence-electron chi connectivity index (χ4n) is 1.98. The van der Waals surface area contributed by atoms with Crippen LogP contribution in [0.4, 0.5) is 0 Å². The van der Waals surface area contributed by atoms with E-state index in [4.69, 9.17) is 0 Å². The molecule has 6 atom stereocenters. The summed E-state index contributed by atoms with van der Waals surface area (Å²) >= 11 is 0. The molecule has 0 heterocycles. The van der Waals surface area contributed by atoms with Crippen LogP contribution in [0.15, 0.2) is 0 Å². The molecule has 1 saturated carbocycles. The van der Waals surface area contributed by atoms with Gasteiger partial charge in [0.2, 0.25) is 0 Å². The lowest BCUT2D eigenvalue weighted by Crippen LogP contribution is -2.66. The number of aliphatic hydroxyl groups excluding tert-OH is 3. The molecule has 24 heavy (non-hydrogen) atoms. The van der Waals surface area contributed by atoms with Gasteiger partial charge in [0.05, 0.1) is 23.5 Å². The van der Waals surface area contributed by atoms with Crippen LogP contribution in [0.25, 0.3) is 0 Å². The van der Waals surface area contributed by atoms with Crippen LogP contribution < -0.4 is 29.4 Å². The Kier molecular flexibility index (Phi) is 6.90. The van der Waals surface area contributed by atoms with Crippen molar-refractivity contribution in [3.63, 3.8) is 0 Å². The maximum atomic E-state index is 10.6. The Bertz CT molecular complexity index is 574. The minimum Gasteiger partial charge on any atom is -0.790 e. The summed E-state index contributed by atoms with van der Waals surface area (Å²) in [6.07, 6.45) is -15.7. The molecule has 15 nitrogen and oxygen atoms in total. The minimum atomic E-state index is -6.01. The fourth-order valence-corrected chi connectivity index (χ4v) is 3.62. The van der Waals surface area contributed by atoms with Crippen LogP contribution in [0.2, 0.25) is 0 Å². The van der Waals surface area contributed by atoms with Gasteiger partial charge in [0.25, 0.3) is 0 Å². The predicted molar refractivity (Wildman–Crippen MR) is 55.5 cm³/mol. The van der Waals surface area contributed by atoms with E-state index in [0.29, 0.717) is 0 Å². The van der Waals surface area contributed by atoms with Crippen LogP contribution in [-0.4, -0.2) is 51.9 Å². The zero-order chi connectivity index (χ0) is 19.1. The summed E-state index contributed by atoms with van der Waals surface area (Å²) < 4.78 is 43.0. The first-order valence-electron chi connectivity index (χ1n) is 5.67. The molecule has 18 heteroatoms. The van der Waals surface area contributed by atoms with Gasteiger partial charge in [-0.1, -0.05) is 0 Å². The van der Waals surface area contributed by atoms with Crippen molar-refractivity contribution < 1.29 is 71.9 Å². The molecule has 144 valence electrons. The van der Waals surface area contributed by atoms with Gasteiger partial charge in [-0.25, -0.2) is 0 Å². The molecule has 1 aliphatic carbocycles. The lowest BCUT2D eigenvalue weighted by molar-refractivity contribution is -0.371. The summed E-state index contributed by atoms with van der Waals surface area (Å²) in [4.78, 5) is 63.6. The van der Waals surface area contributed by atoms with Gasteiger partial charge in [-0.05, 0) is 0 Å². The molecule has 1 aliphatic rings. The second-order valence-electron chi connectivity index (χ2n) is 4.52. The van der Waals surface area contributed by atoms with E-state index in [-0.39, 0.29) is 0 Å². The van der Waals surface area contributed by atoms with E-state index in [2.05, 4.69) is 13.6 Å². The van der Waals surface area contributed by atoms with Gasteiger partial charge in [-0.15, -0.1) is 0 Å². The van der Waals surface area contributed by atoms with Gasteiger partial charge in [0, 0.05) is 0 Å². The summed E-state index contributed by atoms with van der Waals surface area (Å²) in [6, 6.07) is 0. The van der Waals surface area contributed by atoms with Crippen molar-refractivity contribution in [2.24, 2.45) is 0 Å². The van der Waals surface area contributed by atoms with Gasteiger partial charge < -0.3 is 71.9 Å². The normalized spacial score (nSPS) is 35.9. The van der Waals surface area contributed by atoms with Crippen molar-refractivity contribution in [2.75, 3.05) is 0 Å². The number of hydrogen-bond donors (Lipinski definition) is 3. The largest absolute Gasteiger partial charge is 0.790 e. The van der Waals surface area contributed by atoms with E-state index < -0.39 is 60.1 Å². The monoisotopic (exact) mass is 414 g/mol. The molecule has 0 spiro atoms. The zero-order valence-corrected chi connectivity index (χ0v) is 13.7. The average molecular weight is 414 g/mol. The quantitative estimate of drug-likeness (QED) is 0.340. The third-order valence-corrected chi connectivity index (χ3v) is 4.28. The molecule has 3 N–H and O–H groups in total. The standard InChI is InChI=1S/C6H15O15P3/c7-1-2(8)5(20-23(13,14)15)6(21-24(16,17)18)3(9)4(1)19-22(10,11)12/h1-9H,(H2,10,11,12)(H2,13,14,15)(H2,16,17,18)/p-6/t1-,2-,3-,4-,5+,6+/m0/s1. The lowest BCUT2D eigenvalue weighted by Gasteiger charge is -2.51. The summed E-state index contributed by atoms with van der Waals surface area (Å²) in [5, 5.41) is 28.9. The zero-order valence-electron chi connectivity index (χ0n) is 11.0. The van der Waals surface area contributed by atoms with Crippen LogP contribution in [0.1, 0.15) is 0 Å². The fraction of sp³-hybridized carbons (Fsp3) is 1.00. The summed E-state index contributed by atoms with van der Waals surface area (Å²) in [5.74, 6) is 0. The van der Waals surface area contributed by atoms with Crippen molar-refractivity contribution in [1.82, 2.24) is 0 Å². The van der Waals surface area contributed by atoms with Crippen molar-refractivity contribution in [3.8, 4) is 0 Å². The molecule has 0 unspecified atom stereocenters. The highest BCUT2D eigenvalue weighted by molar-refractivity contribution is 7.43. The van der Waals surface area contributed by atoms with E-state index >= 15 is 0 Å². The van der Waals surface area contributed by atoms with Crippen molar-refractivity contribution >= 4 is 23.5 Å². The van der Waals surface area contributed by atoms with Crippen LogP contribution in [0.3, 0.4) is 0 Å². The maximum absolute atomic E-state index is 10.6. The van der Waals surface area contributed by atoms with E-state index in [1.165, 1.54) is 0 Å². The van der Waals surface area contributed by atoms with E-state index in [1.807, 2.05) is 0 Å². The highest BCUT2D eigenvalue weighted by Gasteiger charge is 2.52. The van der Waals surface area contributed by atoms with Gasteiger partial charge in [-0.3, -0.25) is 0 Å². The summed E-state index contributed by atoms with van der Waals surface area (Å²) in [5.41, 5.74) is 0. The summed E-state index contributed by atoms with van der Waals surface area (Å²) in [6.45, 7) is 0. The van der Waals surface area contributed by atoms with Gasteiger partial charge in [0.1, 0.15) is 36.6 Å². The van der Waals surface area contributed by atoms with Crippen LogP contribution in [0, 0.1) is 0 Å². The number of hydrogen-bond acceptors (Lipinski definition) is 15. The van der Waals surface area contributed by atoms with Crippen LogP contribution in [-0.2, 0) is 27.3 Å². The summed E-state index contributed by atoms with van der Waals surface area (Å²) in [7, 11) is -17.9. The van der Waals surface area contributed by atoms with E-state index in [9.17, 15) is 58.4 Å². The van der Waals surface area contributed by atoms with E-state index in [1.54, 1.807) is 0 Å². The molecule has 0 bridgehead atoms. The number of rotatable bonds is 6. The lowest BCUT2D eigenvalue weighted by atomic mass is 9.85. The first-order chi connectivity index (χ1) is 10.5. The number of phosphoric acid groups is 3. The smallest absolute Gasteiger partial charge is 0.120 e. The van der Waals surface area contributed by atoms with Crippen molar-refractivity contribution in [3.05, 3.63) is 0 Å². The van der Waals surface area contributed by atoms with Crippen molar-refractivity contribution in [2.45, 2.75) is 36.6 Å². The number of phosphoric ester groups is 3. The number of aliphatic hydroxyl groups is 3. The highest BCUT2D eigenvalue weighted by Crippen LogP contribution is 2.43. The maximum Gasteiger partial charge on any atom is 0.120 e. The first-order valence-corrected chi connectivity index (χ1v) is 10.1. The average Bonchev–Trinajstić information content (AvgIpc) is 2.32. The molecule has 0 aromatic heterocycles. The highest BCUT2D eigenvalue weighted by atomic mass is 31.2. The minimum absolute atomic E-state index is 2.54. The Balaban J connectivity index is 3.23. The van der Waals surface area contributed by atoms with Gasteiger partial charge >= 0.3 is 0 Å². The SMILES string of the molecule is O=P([O-])([O-])O[C@H]1[C@@H](O)[C@H](O)[C@@H](OP(=O)([O-])[O-])[C@H](OP(=O)([O-])[O-])[C@H]1O. The van der Waals surface area contributed by atoms with Gasteiger partial charge in [0.15, 0.2) is 0 Å². The van der Waals surface area contributed by atoms with Crippen LogP contribution in [0.5, 0.6) is 0 Å². The Hall–Kier alpha value is 0.210. The first kappa shape index (κ1) is 22.3. The second-order valence-corrected chi connectivity index (χ2v) is 7.84. The van der Waals surface area contributed by atoms with Crippen molar-refractivity contribution in [1.29, 1.82) is 0 Å². The van der Waals surface area contributed by atoms with Gasteiger partial charge in [-0.2, -0.15) is 0 Å². The molecule has 0 radical (unpaired) electrons. The second kappa shape index (κ2) is 7.45.